The van der Waals surface area contributed by atoms with Crippen LogP contribution in [0.25, 0.3) is 0 Å². The number of rotatable bonds is 7. The van der Waals surface area contributed by atoms with Crippen LogP contribution in [0.3, 0.4) is 0 Å². The van der Waals surface area contributed by atoms with E-state index in [9.17, 15) is 0 Å². The lowest BCUT2D eigenvalue weighted by molar-refractivity contribution is 0.212. The van der Waals surface area contributed by atoms with E-state index in [0.717, 1.165) is 12.3 Å². The van der Waals surface area contributed by atoms with Crippen molar-refractivity contribution >= 4 is 12.6 Å². The van der Waals surface area contributed by atoms with Gasteiger partial charge in [-0.15, -0.1) is 0 Å². The minimum Gasteiger partial charge on any atom is -0.300 e. The van der Waals surface area contributed by atoms with Crippen LogP contribution >= 0.6 is 12.6 Å². The van der Waals surface area contributed by atoms with Gasteiger partial charge in [-0.1, -0.05) is 37.3 Å². The molecule has 17 heavy (non-hydrogen) atoms. The largest absolute Gasteiger partial charge is 0.300 e. The smallest absolute Gasteiger partial charge is 0.00608 e. The van der Waals surface area contributed by atoms with Gasteiger partial charge in [-0.25, -0.2) is 0 Å². The third-order valence-corrected chi connectivity index (χ3v) is 3.63. The van der Waals surface area contributed by atoms with Crippen molar-refractivity contribution in [2.24, 2.45) is 0 Å². The molecule has 1 nitrogen and oxygen atoms in total. The molecule has 0 spiro atoms. The van der Waals surface area contributed by atoms with E-state index in [0.29, 0.717) is 12.0 Å². The summed E-state index contributed by atoms with van der Waals surface area (Å²) in [5, 5.41) is 0. The summed E-state index contributed by atoms with van der Waals surface area (Å²) in [5.74, 6) is 1.45. The maximum absolute atomic E-state index is 4.51. The van der Waals surface area contributed by atoms with E-state index < -0.39 is 0 Å². The van der Waals surface area contributed by atoms with Crippen molar-refractivity contribution in [2.45, 2.75) is 39.2 Å². The molecular weight excluding hydrogens is 226 g/mol. The molecule has 2 heteroatoms. The van der Waals surface area contributed by atoms with Crippen molar-refractivity contribution in [3.63, 3.8) is 0 Å². The molecule has 0 aromatic heterocycles. The quantitative estimate of drug-likeness (QED) is 0.721. The van der Waals surface area contributed by atoms with Gasteiger partial charge in [0.1, 0.15) is 0 Å². The first-order valence-corrected chi connectivity index (χ1v) is 7.22. The van der Waals surface area contributed by atoms with Gasteiger partial charge in [0.05, 0.1) is 0 Å². The molecule has 1 rings (SSSR count). The van der Waals surface area contributed by atoms with Gasteiger partial charge >= 0.3 is 0 Å². The zero-order valence-electron chi connectivity index (χ0n) is 11.3. The molecule has 0 aliphatic heterocycles. The Balaban J connectivity index is 2.68. The monoisotopic (exact) mass is 251 g/mol. The maximum Gasteiger partial charge on any atom is 0.00608 e. The van der Waals surface area contributed by atoms with Gasteiger partial charge in [-0.2, -0.15) is 12.6 Å². The molecule has 0 saturated carbocycles. The number of hydrogen-bond donors (Lipinski definition) is 1. The van der Waals surface area contributed by atoms with Crippen molar-refractivity contribution in [3.05, 3.63) is 35.9 Å². The van der Waals surface area contributed by atoms with E-state index >= 15 is 0 Å². The Morgan fingerprint density at radius 2 is 1.82 bits per heavy atom. The van der Waals surface area contributed by atoms with Crippen molar-refractivity contribution in [1.82, 2.24) is 4.90 Å². The van der Waals surface area contributed by atoms with E-state index in [4.69, 9.17) is 0 Å². The second kappa shape index (κ2) is 7.78. The lowest BCUT2D eigenvalue weighted by atomic mass is 10.00. The predicted molar refractivity (Wildman–Crippen MR) is 80.0 cm³/mol. The lowest BCUT2D eigenvalue weighted by Gasteiger charge is -2.30. The molecule has 0 radical (unpaired) electrons. The number of nitrogens with zero attached hydrogens (tertiary/aromatic N) is 1. The molecule has 0 fully saturated rings. The zero-order valence-corrected chi connectivity index (χ0v) is 12.2. The van der Waals surface area contributed by atoms with Gasteiger partial charge in [-0.05, 0) is 38.1 Å². The summed E-state index contributed by atoms with van der Waals surface area (Å²) in [6, 6.07) is 11.3. The fourth-order valence-corrected chi connectivity index (χ4v) is 2.45. The Labute approximate surface area is 112 Å². The minimum absolute atomic E-state index is 0.536. The van der Waals surface area contributed by atoms with E-state index in [1.165, 1.54) is 18.5 Å². The molecule has 0 heterocycles. The molecule has 1 unspecified atom stereocenters. The molecule has 0 aliphatic rings. The molecule has 0 bridgehead atoms. The average Bonchev–Trinajstić information content (AvgIpc) is 2.35. The highest BCUT2D eigenvalue weighted by Gasteiger charge is 2.16. The van der Waals surface area contributed by atoms with Gasteiger partial charge in [-0.3, -0.25) is 0 Å². The third kappa shape index (κ3) is 4.72. The van der Waals surface area contributed by atoms with E-state index in [1.807, 2.05) is 0 Å². The first kappa shape index (κ1) is 14.6. The Bertz CT molecular complexity index is 297. The Hall–Kier alpha value is -0.470. The summed E-state index contributed by atoms with van der Waals surface area (Å²) in [7, 11) is 0. The van der Waals surface area contributed by atoms with E-state index in [-0.39, 0.29) is 0 Å². The second-order valence-corrected chi connectivity index (χ2v) is 5.24. The maximum atomic E-state index is 4.51. The molecule has 1 atom stereocenters. The van der Waals surface area contributed by atoms with Crippen molar-refractivity contribution in [2.75, 3.05) is 18.8 Å². The highest BCUT2D eigenvalue weighted by molar-refractivity contribution is 7.80. The third-order valence-electron chi connectivity index (χ3n) is 3.19. The molecule has 0 saturated heterocycles. The highest BCUT2D eigenvalue weighted by atomic mass is 32.1. The fourth-order valence-electron chi connectivity index (χ4n) is 2.12. The summed E-state index contributed by atoms with van der Waals surface area (Å²) in [6.07, 6.45) is 1.21. The molecule has 0 N–H and O–H groups in total. The summed E-state index contributed by atoms with van der Waals surface area (Å²) in [4.78, 5) is 2.55. The molecule has 0 aliphatic carbocycles. The highest BCUT2D eigenvalue weighted by Crippen LogP contribution is 2.19. The Morgan fingerprint density at radius 3 is 2.29 bits per heavy atom. The lowest BCUT2D eigenvalue weighted by Crippen LogP contribution is -2.35. The number of hydrogen-bond acceptors (Lipinski definition) is 2. The summed E-state index contributed by atoms with van der Waals surface area (Å²) in [5.41, 5.74) is 1.41. The zero-order chi connectivity index (χ0) is 12.7. The van der Waals surface area contributed by atoms with Crippen LogP contribution < -0.4 is 0 Å². The van der Waals surface area contributed by atoms with Gasteiger partial charge < -0.3 is 4.90 Å². The summed E-state index contributed by atoms with van der Waals surface area (Å²) >= 11 is 4.51. The first-order valence-electron chi connectivity index (χ1n) is 6.58. The van der Waals surface area contributed by atoms with Crippen LogP contribution in [-0.2, 0) is 0 Å². The minimum atomic E-state index is 0.536. The van der Waals surface area contributed by atoms with Crippen molar-refractivity contribution in [3.8, 4) is 0 Å². The average molecular weight is 251 g/mol. The predicted octanol–water partition coefficient (Wildman–Crippen LogP) is 3.82. The SMILES string of the molecule is CCCN(CC(CS)c1ccccc1)C(C)C. The topological polar surface area (TPSA) is 3.24 Å². The first-order chi connectivity index (χ1) is 8.19. The van der Waals surface area contributed by atoms with Crippen LogP contribution in [0.5, 0.6) is 0 Å². The summed E-state index contributed by atoms with van der Waals surface area (Å²) < 4.78 is 0. The number of benzene rings is 1. The Morgan fingerprint density at radius 1 is 1.18 bits per heavy atom. The van der Waals surface area contributed by atoms with E-state index in [1.54, 1.807) is 0 Å². The molecule has 0 amide bonds. The molecule has 1 aromatic rings. The standard InChI is InChI=1S/C15H25NS/c1-4-10-16(13(2)3)11-15(12-17)14-8-6-5-7-9-14/h5-9,13,15,17H,4,10-12H2,1-3H3. The van der Waals surface area contributed by atoms with Gasteiger partial charge in [0, 0.05) is 18.5 Å². The second-order valence-electron chi connectivity index (χ2n) is 4.88. The van der Waals surface area contributed by atoms with Crippen molar-refractivity contribution < 1.29 is 0 Å². The van der Waals surface area contributed by atoms with E-state index in [2.05, 4.69) is 68.6 Å². The molecule has 96 valence electrons. The van der Waals surface area contributed by atoms with Gasteiger partial charge in [0.2, 0.25) is 0 Å². The van der Waals surface area contributed by atoms with Crippen molar-refractivity contribution in [1.29, 1.82) is 0 Å². The Kier molecular flexibility index (Phi) is 6.68. The molecular formula is C15H25NS. The number of thiol groups is 1. The van der Waals surface area contributed by atoms with Gasteiger partial charge in [0.25, 0.3) is 0 Å². The van der Waals surface area contributed by atoms with Crippen LogP contribution in [-0.4, -0.2) is 29.8 Å². The normalized spacial score (nSPS) is 13.3. The van der Waals surface area contributed by atoms with Crippen LogP contribution in [0.4, 0.5) is 0 Å². The van der Waals surface area contributed by atoms with Gasteiger partial charge in [0.15, 0.2) is 0 Å². The van der Waals surface area contributed by atoms with Crippen LogP contribution in [0, 0.1) is 0 Å². The van der Waals surface area contributed by atoms with Crippen LogP contribution in [0.15, 0.2) is 30.3 Å². The fraction of sp³-hybridized carbons (Fsp3) is 0.600. The molecule has 1 aromatic carbocycles. The summed E-state index contributed by atoms with van der Waals surface area (Å²) in [6.45, 7) is 9.08. The van der Waals surface area contributed by atoms with Crippen LogP contribution in [0.2, 0.25) is 0 Å². The van der Waals surface area contributed by atoms with Crippen LogP contribution in [0.1, 0.15) is 38.7 Å².